The van der Waals surface area contributed by atoms with Crippen molar-refractivity contribution in [2.45, 2.75) is 52.3 Å². The van der Waals surface area contributed by atoms with Gasteiger partial charge in [0.2, 0.25) is 5.91 Å². The second-order valence-electron chi connectivity index (χ2n) is 9.63. The van der Waals surface area contributed by atoms with Gasteiger partial charge in [0.05, 0.1) is 11.7 Å². The number of amides is 2. The molecule has 0 aromatic heterocycles. The van der Waals surface area contributed by atoms with E-state index in [-0.39, 0.29) is 35.7 Å². The van der Waals surface area contributed by atoms with Crippen LogP contribution in [0.3, 0.4) is 0 Å². The van der Waals surface area contributed by atoms with Crippen LogP contribution in [0.15, 0.2) is 42.5 Å². The summed E-state index contributed by atoms with van der Waals surface area (Å²) in [7, 11) is 3.38. The Bertz CT molecular complexity index is 1050. The van der Waals surface area contributed by atoms with Crippen molar-refractivity contribution in [3.8, 4) is 5.75 Å². The zero-order chi connectivity index (χ0) is 26.2. The average molecular weight is 500 g/mol. The van der Waals surface area contributed by atoms with Crippen LogP contribution in [0.25, 0.3) is 0 Å². The number of hydrogen-bond donors (Lipinski definition) is 1. The summed E-state index contributed by atoms with van der Waals surface area (Å²) in [5.74, 6) is -0.0278. The Morgan fingerprint density at radius 3 is 2.64 bits per heavy atom. The number of carbonyl (C=O) groups excluding carboxylic acids is 2. The number of fused-ring (bicyclic) bond motifs is 1. The highest BCUT2D eigenvalue weighted by Crippen LogP contribution is 2.27. The van der Waals surface area contributed by atoms with Crippen molar-refractivity contribution in [3.05, 3.63) is 59.4 Å². The molecular formula is C28H38FN3O4. The molecule has 1 aliphatic rings. The number of carbonyl (C=O) groups is 2. The van der Waals surface area contributed by atoms with Crippen molar-refractivity contribution in [3.63, 3.8) is 0 Å². The fourth-order valence-electron chi connectivity index (χ4n) is 4.45. The van der Waals surface area contributed by atoms with Gasteiger partial charge in [0.1, 0.15) is 18.2 Å². The summed E-state index contributed by atoms with van der Waals surface area (Å²) in [5, 5.41) is 2.86. The predicted octanol–water partition coefficient (Wildman–Crippen LogP) is 4.57. The van der Waals surface area contributed by atoms with Gasteiger partial charge >= 0.3 is 0 Å². The van der Waals surface area contributed by atoms with Gasteiger partial charge in [-0.1, -0.05) is 32.0 Å². The highest BCUT2D eigenvalue weighted by Gasteiger charge is 2.29. The summed E-state index contributed by atoms with van der Waals surface area (Å²) in [6, 6.07) is 11.9. The van der Waals surface area contributed by atoms with Crippen LogP contribution in [0.2, 0.25) is 0 Å². The van der Waals surface area contributed by atoms with Gasteiger partial charge in [-0.2, -0.15) is 0 Å². The average Bonchev–Trinajstić information content (AvgIpc) is 2.85. The maximum absolute atomic E-state index is 14.5. The van der Waals surface area contributed by atoms with Crippen LogP contribution in [0.4, 0.5) is 10.1 Å². The maximum atomic E-state index is 14.5. The number of methoxy groups -OCH3 is 1. The first-order chi connectivity index (χ1) is 17.2. The Labute approximate surface area is 213 Å². The third kappa shape index (κ3) is 7.04. The third-order valence-corrected chi connectivity index (χ3v) is 6.67. The summed E-state index contributed by atoms with van der Waals surface area (Å²) in [5.41, 5.74) is 1.55. The molecule has 0 saturated carbocycles. The molecule has 1 N–H and O–H groups in total. The second kappa shape index (κ2) is 12.8. The van der Waals surface area contributed by atoms with E-state index in [0.29, 0.717) is 55.2 Å². The van der Waals surface area contributed by atoms with Gasteiger partial charge < -0.3 is 19.7 Å². The topological polar surface area (TPSA) is 71.1 Å². The van der Waals surface area contributed by atoms with Gasteiger partial charge in [-0.15, -0.1) is 0 Å². The summed E-state index contributed by atoms with van der Waals surface area (Å²) in [6.07, 6.45) is 0.925. The summed E-state index contributed by atoms with van der Waals surface area (Å²) >= 11 is 0. The van der Waals surface area contributed by atoms with Crippen LogP contribution < -0.4 is 10.1 Å². The number of likely N-dealkylation sites (N-methyl/N-ethyl adjacent to an activating group) is 1. The van der Waals surface area contributed by atoms with Crippen molar-refractivity contribution in [1.82, 2.24) is 9.80 Å². The molecule has 0 spiro atoms. The SMILES string of the molecule is CCCC(=O)Nc1ccc2c(c1)C(=O)N(C)C[C@H](OC)[C@H](C)CN(Cc1ccccc1F)[C@H](C)CO2. The van der Waals surface area contributed by atoms with Crippen LogP contribution in [0, 0.1) is 11.7 Å². The smallest absolute Gasteiger partial charge is 0.257 e. The molecule has 3 rings (SSSR count). The molecule has 0 fully saturated rings. The molecule has 7 nitrogen and oxygen atoms in total. The van der Waals surface area contributed by atoms with Crippen LogP contribution in [-0.2, 0) is 16.1 Å². The van der Waals surface area contributed by atoms with Crippen LogP contribution in [0.5, 0.6) is 5.75 Å². The molecule has 2 aromatic rings. The first-order valence-electron chi connectivity index (χ1n) is 12.6. The molecular weight excluding hydrogens is 461 g/mol. The molecule has 1 aliphatic heterocycles. The van der Waals surface area contributed by atoms with E-state index in [9.17, 15) is 14.0 Å². The van der Waals surface area contributed by atoms with Gasteiger partial charge in [0.15, 0.2) is 0 Å². The van der Waals surface area contributed by atoms with Crippen LogP contribution in [-0.4, -0.2) is 67.6 Å². The standard InChI is InChI=1S/C28H38FN3O4/c1-6-9-27(33)30-22-12-13-25-23(14-22)28(34)31(4)17-26(35-5)19(2)15-32(20(3)18-36-25)16-21-10-7-8-11-24(21)29/h7-8,10-14,19-20,26H,6,9,15-18H2,1-5H3,(H,30,33)/t19-,20-,26+/m1/s1. The molecule has 8 heteroatoms. The zero-order valence-electron chi connectivity index (χ0n) is 21.9. The quantitative estimate of drug-likeness (QED) is 0.631. The minimum atomic E-state index is -0.235. The van der Waals surface area contributed by atoms with Gasteiger partial charge in [-0.25, -0.2) is 4.39 Å². The summed E-state index contributed by atoms with van der Waals surface area (Å²) in [6.45, 7) is 7.82. The number of hydrogen-bond acceptors (Lipinski definition) is 5. The third-order valence-electron chi connectivity index (χ3n) is 6.67. The minimum Gasteiger partial charge on any atom is -0.491 e. The van der Waals surface area contributed by atoms with E-state index in [0.717, 1.165) is 6.42 Å². The Hall–Kier alpha value is -2.97. The Balaban J connectivity index is 1.93. The molecule has 0 unspecified atom stereocenters. The van der Waals surface area contributed by atoms with Gasteiger partial charge in [0, 0.05) is 57.5 Å². The van der Waals surface area contributed by atoms with Crippen molar-refractivity contribution in [1.29, 1.82) is 0 Å². The lowest BCUT2D eigenvalue weighted by atomic mass is 10.0. The Morgan fingerprint density at radius 1 is 1.19 bits per heavy atom. The van der Waals surface area contributed by atoms with Crippen LogP contribution in [0.1, 0.15) is 49.5 Å². The lowest BCUT2D eigenvalue weighted by Crippen LogP contribution is -2.46. The lowest BCUT2D eigenvalue weighted by Gasteiger charge is -2.36. The molecule has 0 aliphatic carbocycles. The predicted molar refractivity (Wildman–Crippen MR) is 139 cm³/mol. The van der Waals surface area contributed by atoms with E-state index in [1.165, 1.54) is 6.07 Å². The second-order valence-corrected chi connectivity index (χ2v) is 9.63. The summed E-state index contributed by atoms with van der Waals surface area (Å²) in [4.78, 5) is 29.4. The first kappa shape index (κ1) is 27.6. The molecule has 0 saturated heterocycles. The maximum Gasteiger partial charge on any atom is 0.257 e. The molecule has 3 atom stereocenters. The van der Waals surface area contributed by atoms with E-state index in [2.05, 4.69) is 17.1 Å². The van der Waals surface area contributed by atoms with Gasteiger partial charge in [-0.3, -0.25) is 14.5 Å². The van der Waals surface area contributed by atoms with Gasteiger partial charge in [-0.05, 0) is 43.5 Å². The largest absolute Gasteiger partial charge is 0.491 e. The van der Waals surface area contributed by atoms with Crippen molar-refractivity contribution < 1.29 is 23.5 Å². The number of nitrogens with one attached hydrogen (secondary N) is 1. The summed E-state index contributed by atoms with van der Waals surface area (Å²) < 4.78 is 26.4. The zero-order valence-corrected chi connectivity index (χ0v) is 21.9. The Kier molecular flexibility index (Phi) is 9.84. The molecule has 2 aromatic carbocycles. The fourth-order valence-corrected chi connectivity index (χ4v) is 4.45. The van der Waals surface area contributed by atoms with Crippen molar-refractivity contribution in [2.24, 2.45) is 5.92 Å². The molecule has 0 bridgehead atoms. The van der Waals surface area contributed by atoms with Crippen molar-refractivity contribution in [2.75, 3.05) is 39.2 Å². The molecule has 1 heterocycles. The number of benzene rings is 2. The monoisotopic (exact) mass is 499 g/mol. The molecule has 0 radical (unpaired) electrons. The number of anilines is 1. The van der Waals surface area contributed by atoms with E-state index in [1.807, 2.05) is 19.9 Å². The number of nitrogens with zero attached hydrogens (tertiary/aromatic N) is 2. The van der Waals surface area contributed by atoms with Gasteiger partial charge in [0.25, 0.3) is 5.91 Å². The first-order valence-corrected chi connectivity index (χ1v) is 12.6. The molecule has 2 amide bonds. The molecule has 196 valence electrons. The number of rotatable bonds is 6. The lowest BCUT2D eigenvalue weighted by molar-refractivity contribution is -0.116. The number of ether oxygens (including phenoxy) is 2. The van der Waals surface area contributed by atoms with E-state index in [1.54, 1.807) is 49.4 Å². The Morgan fingerprint density at radius 2 is 1.94 bits per heavy atom. The van der Waals surface area contributed by atoms with Crippen molar-refractivity contribution >= 4 is 17.5 Å². The number of halogens is 1. The van der Waals surface area contributed by atoms with Crippen LogP contribution >= 0.6 is 0 Å². The highest BCUT2D eigenvalue weighted by atomic mass is 19.1. The van der Waals surface area contributed by atoms with E-state index < -0.39 is 0 Å². The molecule has 36 heavy (non-hydrogen) atoms. The fraction of sp³-hybridized carbons (Fsp3) is 0.500. The van der Waals surface area contributed by atoms with E-state index >= 15 is 0 Å². The van der Waals surface area contributed by atoms with E-state index in [4.69, 9.17) is 9.47 Å². The minimum absolute atomic E-state index is 0.0615. The highest BCUT2D eigenvalue weighted by molar-refractivity contribution is 5.99. The normalized spacial score (nSPS) is 21.7.